The maximum Gasteiger partial charge on any atom is 0.253 e. The fraction of sp³-hybridized carbons (Fsp3) is 0. The predicted octanol–water partition coefficient (Wildman–Crippen LogP) is 9.74. The lowest BCUT2D eigenvalue weighted by Gasteiger charge is -2.45. The molecule has 0 N–H and O–H groups in total. The fourth-order valence-electron chi connectivity index (χ4n) is 8.05. The van der Waals surface area contributed by atoms with Gasteiger partial charge in [0.25, 0.3) is 6.71 Å². The summed E-state index contributed by atoms with van der Waals surface area (Å²) in [4.78, 5) is 5.01. The van der Waals surface area contributed by atoms with Gasteiger partial charge in [0, 0.05) is 34.1 Å². The number of para-hydroxylation sites is 2. The monoisotopic (exact) mass is 596 g/mol. The van der Waals surface area contributed by atoms with Crippen molar-refractivity contribution >= 4 is 78.8 Å². The molecule has 2 aliphatic rings. The second-order valence-electron chi connectivity index (χ2n) is 12.5. The zero-order valence-corrected chi connectivity index (χ0v) is 25.7. The minimum Gasteiger partial charge on any atom is -0.311 e. The number of anilines is 6. The molecular formula is C44H29BN2. The third-order valence-corrected chi connectivity index (χ3v) is 10.00. The maximum absolute atomic E-state index is 2.50. The van der Waals surface area contributed by atoms with Crippen molar-refractivity contribution in [2.75, 3.05) is 9.80 Å². The Balaban J connectivity index is 1.42. The lowest BCUT2D eigenvalue weighted by atomic mass is 9.32. The van der Waals surface area contributed by atoms with Crippen molar-refractivity contribution in [1.29, 1.82) is 0 Å². The van der Waals surface area contributed by atoms with Crippen LogP contribution in [-0.2, 0) is 0 Å². The molecule has 0 fully saturated rings. The van der Waals surface area contributed by atoms with E-state index in [0.717, 1.165) is 11.4 Å². The molecule has 2 heterocycles. The van der Waals surface area contributed by atoms with Gasteiger partial charge in [-0.05, 0) is 97.6 Å². The molecule has 10 rings (SSSR count). The summed E-state index contributed by atoms with van der Waals surface area (Å²) < 4.78 is 0. The highest BCUT2D eigenvalue weighted by Gasteiger charge is 2.45. The first-order valence-electron chi connectivity index (χ1n) is 16.3. The van der Waals surface area contributed by atoms with E-state index in [1.54, 1.807) is 0 Å². The first-order chi connectivity index (χ1) is 23.3. The normalized spacial score (nSPS) is 13.0. The van der Waals surface area contributed by atoms with Crippen molar-refractivity contribution in [1.82, 2.24) is 0 Å². The van der Waals surface area contributed by atoms with E-state index in [2.05, 4.69) is 186 Å². The maximum atomic E-state index is 2.50. The molecule has 218 valence electrons. The number of fused-ring (bicyclic) bond motifs is 8. The number of hydrogen-bond donors (Lipinski definition) is 0. The molecule has 0 spiro atoms. The van der Waals surface area contributed by atoms with Crippen LogP contribution in [0.5, 0.6) is 0 Å². The molecule has 3 heteroatoms. The summed E-state index contributed by atoms with van der Waals surface area (Å²) in [5.74, 6) is 0. The topological polar surface area (TPSA) is 6.48 Å². The summed E-state index contributed by atoms with van der Waals surface area (Å²) >= 11 is 0. The van der Waals surface area contributed by atoms with Crippen molar-refractivity contribution in [2.24, 2.45) is 0 Å². The zero-order valence-electron chi connectivity index (χ0n) is 25.7. The van der Waals surface area contributed by atoms with Crippen LogP contribution in [0.1, 0.15) is 0 Å². The van der Waals surface area contributed by atoms with E-state index in [4.69, 9.17) is 0 Å². The highest BCUT2D eigenvalue weighted by Crippen LogP contribution is 2.47. The Morgan fingerprint density at radius 2 is 0.745 bits per heavy atom. The molecule has 0 aliphatic carbocycles. The number of rotatable bonds is 3. The standard InChI is InChI=1S/C44H29BN2/c1-4-14-30(15-5-1)33-28-40-44-41(29-33)47(35-20-8-3-9-21-35)39-27-25-32-17-11-13-23-37(32)43(39)45(44)42-36-22-12-10-16-31(36)24-26-38(42)46(40)34-18-6-2-7-19-34/h1-29H. The fourth-order valence-corrected chi connectivity index (χ4v) is 8.05. The van der Waals surface area contributed by atoms with Crippen LogP contribution in [0.2, 0.25) is 0 Å². The van der Waals surface area contributed by atoms with Crippen LogP contribution in [0, 0.1) is 0 Å². The highest BCUT2D eigenvalue weighted by atomic mass is 15.2. The van der Waals surface area contributed by atoms with Gasteiger partial charge in [-0.3, -0.25) is 0 Å². The van der Waals surface area contributed by atoms with E-state index in [1.165, 1.54) is 71.8 Å². The zero-order chi connectivity index (χ0) is 30.9. The van der Waals surface area contributed by atoms with Crippen LogP contribution in [-0.4, -0.2) is 6.71 Å². The smallest absolute Gasteiger partial charge is 0.253 e. The Morgan fingerprint density at radius 1 is 0.319 bits per heavy atom. The summed E-state index contributed by atoms with van der Waals surface area (Å²) in [5, 5.41) is 5.12. The Morgan fingerprint density at radius 3 is 1.23 bits per heavy atom. The van der Waals surface area contributed by atoms with E-state index in [-0.39, 0.29) is 6.71 Å². The lowest BCUT2D eigenvalue weighted by Crippen LogP contribution is -2.61. The van der Waals surface area contributed by atoms with Crippen LogP contribution in [0.15, 0.2) is 176 Å². The predicted molar refractivity (Wildman–Crippen MR) is 201 cm³/mol. The summed E-state index contributed by atoms with van der Waals surface area (Å²) in [6.07, 6.45) is 0. The Kier molecular flexibility index (Phi) is 5.70. The van der Waals surface area contributed by atoms with E-state index in [1.807, 2.05) is 0 Å². The van der Waals surface area contributed by atoms with E-state index in [0.29, 0.717) is 0 Å². The molecule has 2 nitrogen and oxygen atoms in total. The van der Waals surface area contributed by atoms with Gasteiger partial charge in [-0.1, -0.05) is 127 Å². The molecule has 0 bridgehead atoms. The third kappa shape index (κ3) is 3.87. The molecule has 47 heavy (non-hydrogen) atoms. The molecule has 0 radical (unpaired) electrons. The van der Waals surface area contributed by atoms with Gasteiger partial charge in [0.15, 0.2) is 0 Å². The van der Waals surface area contributed by atoms with E-state index < -0.39 is 0 Å². The van der Waals surface area contributed by atoms with Crippen molar-refractivity contribution in [3.63, 3.8) is 0 Å². The first kappa shape index (κ1) is 26.2. The minimum atomic E-state index is 0.0342. The van der Waals surface area contributed by atoms with Gasteiger partial charge in [-0.25, -0.2) is 0 Å². The van der Waals surface area contributed by atoms with Crippen LogP contribution in [0.4, 0.5) is 34.1 Å². The Bertz CT molecular complexity index is 2320. The summed E-state index contributed by atoms with van der Waals surface area (Å²) in [7, 11) is 0. The van der Waals surface area contributed by atoms with Crippen molar-refractivity contribution < 1.29 is 0 Å². The SMILES string of the molecule is c1ccc(-c2cc3c4c(c2)N(c2ccccc2)c2ccc5ccccc5c2B4c2c(ccc4ccccc24)N3c2ccccc2)cc1. The van der Waals surface area contributed by atoms with Gasteiger partial charge in [-0.2, -0.15) is 0 Å². The van der Waals surface area contributed by atoms with E-state index in [9.17, 15) is 0 Å². The molecule has 0 saturated heterocycles. The molecule has 0 unspecified atom stereocenters. The number of nitrogens with zero attached hydrogens (tertiary/aromatic N) is 2. The molecule has 0 amide bonds. The summed E-state index contributed by atoms with van der Waals surface area (Å²) in [6, 6.07) is 64.5. The Labute approximate surface area is 274 Å². The van der Waals surface area contributed by atoms with Crippen molar-refractivity contribution in [3.05, 3.63) is 176 Å². The van der Waals surface area contributed by atoms with Crippen LogP contribution in [0.25, 0.3) is 32.7 Å². The average molecular weight is 597 g/mol. The Hall–Kier alpha value is -6.06. The average Bonchev–Trinajstić information content (AvgIpc) is 3.15. The van der Waals surface area contributed by atoms with Crippen molar-refractivity contribution in [3.8, 4) is 11.1 Å². The summed E-state index contributed by atoms with van der Waals surface area (Å²) in [6.45, 7) is 0.0342. The summed E-state index contributed by atoms with van der Waals surface area (Å²) in [5.41, 5.74) is 13.7. The van der Waals surface area contributed by atoms with Gasteiger partial charge in [-0.15, -0.1) is 0 Å². The van der Waals surface area contributed by atoms with Gasteiger partial charge in [0.05, 0.1) is 0 Å². The van der Waals surface area contributed by atoms with Gasteiger partial charge < -0.3 is 9.80 Å². The second-order valence-corrected chi connectivity index (χ2v) is 12.5. The first-order valence-corrected chi connectivity index (χ1v) is 16.3. The van der Waals surface area contributed by atoms with Crippen molar-refractivity contribution in [2.45, 2.75) is 0 Å². The molecule has 8 aromatic carbocycles. The minimum absolute atomic E-state index is 0.0342. The van der Waals surface area contributed by atoms with Crippen LogP contribution in [0.3, 0.4) is 0 Å². The van der Waals surface area contributed by atoms with Crippen LogP contribution < -0.4 is 26.2 Å². The third-order valence-electron chi connectivity index (χ3n) is 10.00. The van der Waals surface area contributed by atoms with E-state index >= 15 is 0 Å². The quantitative estimate of drug-likeness (QED) is 0.187. The van der Waals surface area contributed by atoms with Gasteiger partial charge >= 0.3 is 0 Å². The largest absolute Gasteiger partial charge is 0.311 e. The molecule has 0 saturated carbocycles. The number of benzene rings is 8. The van der Waals surface area contributed by atoms with Gasteiger partial charge in [0.2, 0.25) is 0 Å². The molecule has 8 aromatic rings. The van der Waals surface area contributed by atoms with Gasteiger partial charge in [0.1, 0.15) is 0 Å². The molecule has 2 aliphatic heterocycles. The molecule has 0 atom stereocenters. The molecular weight excluding hydrogens is 567 g/mol. The van der Waals surface area contributed by atoms with Crippen LogP contribution >= 0.6 is 0 Å². The second kappa shape index (κ2) is 10.2. The lowest BCUT2D eigenvalue weighted by molar-refractivity contribution is 1.26. The highest BCUT2D eigenvalue weighted by molar-refractivity contribution is 7.02. The number of hydrogen-bond acceptors (Lipinski definition) is 2. The molecule has 0 aromatic heterocycles.